The molecule has 1 aliphatic heterocycles. The summed E-state index contributed by atoms with van der Waals surface area (Å²) in [7, 11) is 0. The molecule has 0 spiro atoms. The summed E-state index contributed by atoms with van der Waals surface area (Å²) < 4.78 is 44.8. The third kappa shape index (κ3) is 2.20. The quantitative estimate of drug-likeness (QED) is 0.825. The van der Waals surface area contributed by atoms with Crippen molar-refractivity contribution in [2.24, 2.45) is 0 Å². The zero-order valence-electron chi connectivity index (χ0n) is 8.97. The van der Waals surface area contributed by atoms with Gasteiger partial charge in [0.1, 0.15) is 11.9 Å². The maximum atomic E-state index is 13.6. The van der Waals surface area contributed by atoms with E-state index in [1.807, 2.05) is 5.32 Å². The lowest BCUT2D eigenvalue weighted by Crippen LogP contribution is -2.49. The Labute approximate surface area is 95.6 Å². The first-order valence-corrected chi connectivity index (χ1v) is 4.97. The van der Waals surface area contributed by atoms with E-state index in [2.05, 4.69) is 4.74 Å². The monoisotopic (exact) mass is 245 g/mol. The molecule has 3 nitrogen and oxygen atoms in total. The van der Waals surface area contributed by atoms with Crippen LogP contribution in [0.5, 0.6) is 0 Å². The highest BCUT2D eigenvalue weighted by Crippen LogP contribution is 2.35. The topological polar surface area (TPSA) is 38.3 Å². The number of carbonyl (C=O) groups is 1. The average Bonchev–Trinajstić information content (AvgIpc) is 2.23. The molecular formula is C11H10F3NO2. The Bertz CT molecular complexity index is 462. The van der Waals surface area contributed by atoms with Crippen LogP contribution in [0.1, 0.15) is 17.2 Å². The fraction of sp³-hybridized carbons (Fsp3) is 0.364. The molecule has 92 valence electrons. The van der Waals surface area contributed by atoms with Gasteiger partial charge in [-0.25, -0.2) is 18.0 Å². The first-order valence-electron chi connectivity index (χ1n) is 4.97. The molecule has 17 heavy (non-hydrogen) atoms. The lowest BCUT2D eigenvalue weighted by molar-refractivity contribution is -0.105. The van der Waals surface area contributed by atoms with Crippen molar-refractivity contribution in [3.05, 3.63) is 35.1 Å². The number of halogens is 3. The van der Waals surface area contributed by atoms with Gasteiger partial charge < -0.3 is 10.1 Å². The fourth-order valence-corrected chi connectivity index (χ4v) is 1.68. The van der Waals surface area contributed by atoms with Crippen molar-refractivity contribution < 1.29 is 22.7 Å². The molecule has 0 aliphatic carbocycles. The van der Waals surface area contributed by atoms with E-state index < -0.39 is 30.5 Å². The molecule has 1 heterocycles. The summed E-state index contributed by atoms with van der Waals surface area (Å²) >= 11 is 0. The fourth-order valence-electron chi connectivity index (χ4n) is 1.68. The molecule has 1 aromatic rings. The summed E-state index contributed by atoms with van der Waals surface area (Å²) in [6, 6.07) is 2.21. The molecule has 1 fully saturated rings. The molecule has 0 bridgehead atoms. The van der Waals surface area contributed by atoms with E-state index in [1.165, 1.54) is 12.1 Å². The van der Waals surface area contributed by atoms with Crippen LogP contribution in [0, 0.1) is 12.7 Å². The van der Waals surface area contributed by atoms with Crippen molar-refractivity contribution in [1.29, 1.82) is 0 Å². The molecule has 1 N–H and O–H groups in total. The number of cyclic esters (lactones) is 1. The summed E-state index contributed by atoms with van der Waals surface area (Å²) in [5.41, 5.74) is 0.380. The van der Waals surface area contributed by atoms with Gasteiger partial charge in [0.15, 0.2) is 6.61 Å². The van der Waals surface area contributed by atoms with Crippen molar-refractivity contribution in [3.8, 4) is 0 Å². The van der Waals surface area contributed by atoms with Gasteiger partial charge in [-0.1, -0.05) is 12.1 Å². The smallest absolute Gasteiger partial charge is 0.408 e. The van der Waals surface area contributed by atoms with Crippen LogP contribution in [-0.2, 0) is 4.74 Å². The molecule has 0 aromatic heterocycles. The predicted molar refractivity (Wildman–Crippen MR) is 53.3 cm³/mol. The number of nitrogens with one attached hydrogen (secondary N) is 1. The van der Waals surface area contributed by atoms with Gasteiger partial charge in [-0.2, -0.15) is 0 Å². The molecule has 2 rings (SSSR count). The van der Waals surface area contributed by atoms with Crippen molar-refractivity contribution in [1.82, 2.24) is 5.32 Å². The second-order valence-corrected chi connectivity index (χ2v) is 3.94. The molecule has 1 atom stereocenters. The minimum absolute atomic E-state index is 0.239. The van der Waals surface area contributed by atoms with Crippen LogP contribution in [-0.4, -0.2) is 18.6 Å². The van der Waals surface area contributed by atoms with Crippen LogP contribution in [0.15, 0.2) is 18.2 Å². The van der Waals surface area contributed by atoms with Crippen molar-refractivity contribution in [3.63, 3.8) is 0 Å². The maximum absolute atomic E-state index is 13.6. The van der Waals surface area contributed by atoms with E-state index in [0.717, 1.165) is 6.07 Å². The van der Waals surface area contributed by atoms with Crippen molar-refractivity contribution >= 4 is 6.09 Å². The Kier molecular flexibility index (Phi) is 2.73. The Morgan fingerprint density at radius 2 is 2.18 bits per heavy atom. The van der Waals surface area contributed by atoms with Gasteiger partial charge in [0.05, 0.1) is 0 Å². The second kappa shape index (κ2) is 3.94. The summed E-state index contributed by atoms with van der Waals surface area (Å²) in [5, 5.41) is 1.93. The van der Waals surface area contributed by atoms with E-state index in [1.54, 1.807) is 6.92 Å². The standard InChI is InChI=1S/C11H10F3NO2/c1-6-2-3-7(8(12)4-6)9-11(13,14)5-17-10(16)15-9/h2-4,9H,5H2,1H3,(H,15,16)/t9-/m0/s1. The molecular weight excluding hydrogens is 235 g/mol. The average molecular weight is 245 g/mol. The summed E-state index contributed by atoms with van der Waals surface area (Å²) in [4.78, 5) is 10.9. The van der Waals surface area contributed by atoms with Gasteiger partial charge in [0, 0.05) is 5.56 Å². The highest BCUT2D eigenvalue weighted by Gasteiger charge is 2.47. The summed E-state index contributed by atoms with van der Waals surface area (Å²) in [5.74, 6) is -4.10. The molecule has 1 saturated heterocycles. The minimum atomic E-state index is -3.33. The highest BCUT2D eigenvalue weighted by atomic mass is 19.3. The normalized spacial score (nSPS) is 22.8. The van der Waals surface area contributed by atoms with Gasteiger partial charge in [-0.05, 0) is 18.6 Å². The van der Waals surface area contributed by atoms with E-state index in [-0.39, 0.29) is 5.56 Å². The van der Waals surface area contributed by atoms with Crippen molar-refractivity contribution in [2.75, 3.05) is 6.61 Å². The number of ether oxygens (including phenoxy) is 1. The zero-order chi connectivity index (χ0) is 12.6. The van der Waals surface area contributed by atoms with Gasteiger partial charge >= 0.3 is 12.0 Å². The third-order valence-electron chi connectivity index (χ3n) is 2.55. The summed E-state index contributed by atoms with van der Waals surface area (Å²) in [6.45, 7) is 0.602. The number of hydrogen-bond donors (Lipinski definition) is 1. The van der Waals surface area contributed by atoms with Gasteiger partial charge in [0.25, 0.3) is 0 Å². The van der Waals surface area contributed by atoms with Gasteiger partial charge in [-0.15, -0.1) is 0 Å². The molecule has 0 radical (unpaired) electrons. The van der Waals surface area contributed by atoms with Crippen LogP contribution in [0.25, 0.3) is 0 Å². The number of aryl methyl sites for hydroxylation is 1. The maximum Gasteiger partial charge on any atom is 0.408 e. The van der Waals surface area contributed by atoms with Crippen LogP contribution >= 0.6 is 0 Å². The number of alkyl carbamates (subject to hydrolysis) is 1. The van der Waals surface area contributed by atoms with Gasteiger partial charge in [0.2, 0.25) is 0 Å². The number of carbonyl (C=O) groups excluding carboxylic acids is 1. The molecule has 6 heteroatoms. The molecule has 0 unspecified atom stereocenters. The summed E-state index contributed by atoms with van der Waals surface area (Å²) in [6.07, 6.45) is -0.971. The minimum Gasteiger partial charge on any atom is -0.443 e. The van der Waals surface area contributed by atoms with E-state index in [4.69, 9.17) is 0 Å². The van der Waals surface area contributed by atoms with Crippen LogP contribution < -0.4 is 5.32 Å². The Balaban J connectivity index is 2.39. The van der Waals surface area contributed by atoms with Crippen molar-refractivity contribution in [2.45, 2.75) is 18.9 Å². The predicted octanol–water partition coefficient (Wildman–Crippen LogP) is 2.55. The molecule has 1 aromatic carbocycles. The van der Waals surface area contributed by atoms with Crippen LogP contribution in [0.3, 0.4) is 0 Å². The van der Waals surface area contributed by atoms with Gasteiger partial charge in [-0.3, -0.25) is 0 Å². The van der Waals surface area contributed by atoms with E-state index in [9.17, 15) is 18.0 Å². The SMILES string of the molecule is Cc1ccc([C@@H]2NC(=O)OCC2(F)F)c(F)c1. The third-order valence-corrected chi connectivity index (χ3v) is 2.55. The second-order valence-electron chi connectivity index (χ2n) is 3.94. The first-order chi connectivity index (χ1) is 7.90. The lowest BCUT2D eigenvalue weighted by Gasteiger charge is -2.32. The number of rotatable bonds is 1. The number of amides is 1. The molecule has 1 aliphatic rings. The number of alkyl halides is 2. The zero-order valence-corrected chi connectivity index (χ0v) is 8.97. The molecule has 0 saturated carbocycles. The Hall–Kier alpha value is -1.72. The van der Waals surface area contributed by atoms with Crippen LogP contribution in [0.2, 0.25) is 0 Å². The first kappa shape index (κ1) is 11.8. The molecule has 1 amide bonds. The Morgan fingerprint density at radius 1 is 1.47 bits per heavy atom. The van der Waals surface area contributed by atoms with E-state index >= 15 is 0 Å². The largest absolute Gasteiger partial charge is 0.443 e. The lowest BCUT2D eigenvalue weighted by atomic mass is 9.98. The van der Waals surface area contributed by atoms with E-state index in [0.29, 0.717) is 5.56 Å². The highest BCUT2D eigenvalue weighted by molar-refractivity contribution is 5.69. The van der Waals surface area contributed by atoms with Crippen LogP contribution in [0.4, 0.5) is 18.0 Å². The Morgan fingerprint density at radius 3 is 2.82 bits per heavy atom. The number of benzene rings is 1. The number of hydrogen-bond acceptors (Lipinski definition) is 2.